The minimum atomic E-state index is -0.470. The lowest BCUT2D eigenvalue weighted by molar-refractivity contribution is 0.259. The van der Waals surface area contributed by atoms with Crippen molar-refractivity contribution in [1.29, 1.82) is 0 Å². The Morgan fingerprint density at radius 2 is 2.07 bits per heavy atom. The predicted octanol–water partition coefficient (Wildman–Crippen LogP) is 3.21. The molecule has 2 aliphatic carbocycles. The first-order chi connectivity index (χ1) is 14.2. The number of nitrogens with zero attached hydrogens (tertiary/aromatic N) is 3. The number of nitrogens with one attached hydrogen (secondary N) is 1. The van der Waals surface area contributed by atoms with Crippen molar-refractivity contribution in [3.8, 4) is 0 Å². The minimum absolute atomic E-state index is 0.0563. The van der Waals surface area contributed by atoms with Crippen molar-refractivity contribution >= 4 is 23.7 Å². The highest BCUT2D eigenvalue weighted by atomic mass is 32.2. The molecule has 8 nitrogen and oxygen atoms in total. The fourth-order valence-electron chi connectivity index (χ4n) is 4.14. The molecule has 0 fully saturated rings. The van der Waals surface area contributed by atoms with Crippen LogP contribution in [0.15, 0.2) is 11.1 Å². The fraction of sp³-hybridized carbons (Fsp3) is 0.571. The quantitative estimate of drug-likeness (QED) is 0.549. The molecule has 6 N–H and O–H groups in total. The Bertz CT molecular complexity index is 917. The summed E-state index contributed by atoms with van der Waals surface area (Å²) in [4.78, 5) is 16.9. The van der Waals surface area contributed by atoms with Crippen LogP contribution in [-0.4, -0.2) is 25.9 Å². The Morgan fingerprint density at radius 1 is 1.33 bits per heavy atom. The lowest BCUT2D eigenvalue weighted by Crippen LogP contribution is -2.22. The minimum Gasteiger partial charge on any atom is -0.390 e. The van der Waals surface area contributed by atoms with E-state index in [1.54, 1.807) is 4.68 Å². The summed E-state index contributed by atoms with van der Waals surface area (Å²) in [6, 6.07) is -0.168. The average Bonchev–Trinajstić information content (AvgIpc) is 3.39. The molecule has 2 amide bonds. The van der Waals surface area contributed by atoms with Crippen molar-refractivity contribution in [2.75, 3.05) is 5.32 Å². The molecule has 0 bridgehead atoms. The van der Waals surface area contributed by atoms with Gasteiger partial charge in [-0.05, 0) is 69.0 Å². The third-order valence-electron chi connectivity index (χ3n) is 5.79. The number of hydrogen-bond donors (Lipinski definition) is 4. The first-order valence-electron chi connectivity index (χ1n) is 10.3. The number of amides is 2. The van der Waals surface area contributed by atoms with E-state index in [0.29, 0.717) is 11.7 Å². The van der Waals surface area contributed by atoms with E-state index in [1.807, 2.05) is 20.0 Å². The van der Waals surface area contributed by atoms with Gasteiger partial charge >= 0.3 is 6.03 Å². The van der Waals surface area contributed by atoms with Crippen LogP contribution in [0.2, 0.25) is 0 Å². The summed E-state index contributed by atoms with van der Waals surface area (Å²) in [5.74, 6) is 0. The maximum atomic E-state index is 11.2. The molecule has 0 saturated heterocycles. The number of rotatable bonds is 4. The summed E-state index contributed by atoms with van der Waals surface area (Å²) in [5.41, 5.74) is 11.8. The summed E-state index contributed by atoms with van der Waals surface area (Å²) in [7, 11) is 0. The van der Waals surface area contributed by atoms with E-state index in [9.17, 15) is 4.79 Å². The largest absolute Gasteiger partial charge is 0.390 e. The zero-order valence-corrected chi connectivity index (χ0v) is 19.0. The molecule has 9 heteroatoms. The summed E-state index contributed by atoms with van der Waals surface area (Å²) >= 11 is 1.11. The molecule has 2 aromatic heterocycles. The zero-order chi connectivity index (χ0) is 22.1. The fourth-order valence-corrected chi connectivity index (χ4v) is 4.55. The molecule has 0 atom stereocenters. The number of carbonyl (C=O) groups excluding carboxylic acids is 1. The van der Waals surface area contributed by atoms with E-state index in [2.05, 4.69) is 24.3 Å². The van der Waals surface area contributed by atoms with Gasteiger partial charge in [0.15, 0.2) is 0 Å². The molecular weight excluding hydrogens is 400 g/mol. The molecule has 2 aliphatic rings. The van der Waals surface area contributed by atoms with Crippen LogP contribution < -0.4 is 16.2 Å². The van der Waals surface area contributed by atoms with E-state index in [0.717, 1.165) is 66.0 Å². The number of primary amides is 1. The number of carbonyl (C=O) groups is 1. The van der Waals surface area contributed by atoms with E-state index < -0.39 is 6.03 Å². The number of aliphatic hydroxyl groups excluding tert-OH is 1. The van der Waals surface area contributed by atoms with Crippen molar-refractivity contribution in [3.63, 3.8) is 0 Å². The molecule has 0 aromatic carbocycles. The predicted molar refractivity (Wildman–Crippen MR) is 119 cm³/mol. The van der Waals surface area contributed by atoms with Gasteiger partial charge < -0.3 is 16.2 Å². The molecule has 30 heavy (non-hydrogen) atoms. The smallest absolute Gasteiger partial charge is 0.316 e. The topological polar surface area (TPSA) is 132 Å². The third-order valence-corrected chi connectivity index (χ3v) is 6.39. The van der Waals surface area contributed by atoms with Crippen molar-refractivity contribution < 1.29 is 9.90 Å². The van der Waals surface area contributed by atoms with Gasteiger partial charge in [0, 0.05) is 23.3 Å². The second-order valence-electron chi connectivity index (χ2n) is 8.76. The number of pyridine rings is 1. The second kappa shape index (κ2) is 8.95. The normalized spacial score (nSPS) is 16.1. The van der Waals surface area contributed by atoms with E-state index >= 15 is 0 Å². The summed E-state index contributed by atoms with van der Waals surface area (Å²) in [6.45, 7) is 8.44. The van der Waals surface area contributed by atoms with Crippen LogP contribution in [0, 0.1) is 0 Å². The number of hydrogen-bond acceptors (Lipinski definition) is 6. The number of nitrogens with two attached hydrogens (primary N) is 2. The lowest BCUT2D eigenvalue weighted by atomic mass is 9.90. The summed E-state index contributed by atoms with van der Waals surface area (Å²) in [6.07, 6.45) is 7.07. The van der Waals surface area contributed by atoms with Gasteiger partial charge in [-0.1, -0.05) is 13.8 Å². The number of aromatic nitrogens is 3. The Hall–Kier alpha value is -2.10. The summed E-state index contributed by atoms with van der Waals surface area (Å²) < 4.78 is 1.79. The number of fused-ring (bicyclic) bond motifs is 2. The van der Waals surface area contributed by atoms with Gasteiger partial charge in [-0.3, -0.25) is 14.8 Å². The molecule has 0 unspecified atom stereocenters. The highest BCUT2D eigenvalue weighted by Gasteiger charge is 2.36. The number of anilines is 1. The maximum Gasteiger partial charge on any atom is 0.316 e. The van der Waals surface area contributed by atoms with Crippen LogP contribution in [0.25, 0.3) is 0 Å². The zero-order valence-electron chi connectivity index (χ0n) is 18.2. The average molecular weight is 433 g/mol. The Labute approximate surface area is 181 Å². The third kappa shape index (κ3) is 4.48. The maximum absolute atomic E-state index is 11.2. The number of aryl methyl sites for hydroxylation is 1. The van der Waals surface area contributed by atoms with Crippen LogP contribution in [0.3, 0.4) is 0 Å². The van der Waals surface area contributed by atoms with Gasteiger partial charge in [-0.15, -0.1) is 0 Å². The van der Waals surface area contributed by atoms with Gasteiger partial charge in [0.2, 0.25) is 0 Å². The van der Waals surface area contributed by atoms with Gasteiger partial charge in [-0.25, -0.2) is 4.79 Å². The molecule has 2 aromatic rings. The van der Waals surface area contributed by atoms with Gasteiger partial charge in [-0.2, -0.15) is 5.10 Å². The van der Waals surface area contributed by atoms with E-state index in [1.165, 1.54) is 11.1 Å². The Kier molecular flexibility index (Phi) is 6.74. The monoisotopic (exact) mass is 432 g/mol. The summed E-state index contributed by atoms with van der Waals surface area (Å²) in [5, 5.41) is 21.3. The van der Waals surface area contributed by atoms with Crippen molar-refractivity contribution in [2.24, 2.45) is 10.9 Å². The van der Waals surface area contributed by atoms with Gasteiger partial charge in [0.25, 0.3) is 0 Å². The first-order valence-corrected chi connectivity index (χ1v) is 11.2. The molecule has 2 heterocycles. The Morgan fingerprint density at radius 3 is 2.63 bits per heavy atom. The molecule has 0 radical (unpaired) electrons. The molecule has 0 spiro atoms. The van der Waals surface area contributed by atoms with Crippen LogP contribution in [0.4, 0.5) is 10.5 Å². The SMILES string of the molecule is CC(C)n1cc(SN)c(CO)n1.CC1(C)CCc2c1nc1c(c2NC(N)=O)CCC1. The molecule has 4 rings (SSSR count). The highest BCUT2D eigenvalue weighted by Crippen LogP contribution is 2.44. The van der Waals surface area contributed by atoms with Crippen molar-refractivity contribution in [1.82, 2.24) is 14.8 Å². The first kappa shape index (κ1) is 22.6. The molecule has 0 saturated carbocycles. The molecule has 0 aliphatic heterocycles. The van der Waals surface area contributed by atoms with Crippen molar-refractivity contribution in [2.45, 2.75) is 82.8 Å². The van der Waals surface area contributed by atoms with E-state index in [-0.39, 0.29) is 12.0 Å². The lowest BCUT2D eigenvalue weighted by Gasteiger charge is -2.20. The van der Waals surface area contributed by atoms with Crippen molar-refractivity contribution in [3.05, 3.63) is 34.4 Å². The number of urea groups is 1. The van der Waals surface area contributed by atoms with Gasteiger partial charge in [0.05, 0.1) is 22.9 Å². The van der Waals surface area contributed by atoms with E-state index in [4.69, 9.17) is 21.0 Å². The second-order valence-corrected chi connectivity index (χ2v) is 9.43. The van der Waals surface area contributed by atoms with Crippen LogP contribution in [0.1, 0.15) is 74.8 Å². The molecule has 164 valence electrons. The van der Waals surface area contributed by atoms with Gasteiger partial charge in [0.1, 0.15) is 5.69 Å². The van der Waals surface area contributed by atoms with Crippen LogP contribution >= 0.6 is 11.9 Å². The van der Waals surface area contributed by atoms with Crippen LogP contribution in [0.5, 0.6) is 0 Å². The Balaban J connectivity index is 0.000000187. The standard InChI is InChI=1S/C14H19N3O.C7H13N3OS/c1-14(2)7-6-9-11(17-13(15)18)8-4-3-5-10(8)16-12(9)14;1-5(2)10-3-7(12-8)6(4-11)9-10/h3-7H2,1-2H3,(H3,15,16,17,18);3,5,11H,4,8H2,1-2H3. The highest BCUT2D eigenvalue weighted by molar-refractivity contribution is 7.97. The number of aliphatic hydroxyl groups is 1. The molecular formula is C21H32N6O2S. The van der Waals surface area contributed by atoms with Crippen LogP contribution in [-0.2, 0) is 31.3 Å².